The highest BCUT2D eigenvalue weighted by atomic mass is 16.8. The van der Waals surface area contributed by atoms with Crippen LogP contribution in [0.2, 0.25) is 0 Å². The molecule has 61 heteroatoms. The molecule has 0 saturated carbocycles. The second-order valence-corrected chi connectivity index (χ2v) is 35.3. The molecule has 0 unspecified atom stereocenters. The molecule has 0 radical (unpaired) electrons. The molecular formula is C78H130N6O55. The number of aliphatic hydroxyl groups excluding tert-OH is 28. The summed E-state index contributed by atoms with van der Waals surface area (Å²) in [7, 11) is 0. The van der Waals surface area contributed by atoms with E-state index in [0.29, 0.717) is 0 Å². The molecule has 11 aliphatic rings. The molecule has 11 fully saturated rings. The Bertz CT molecular complexity index is 3900. The van der Waals surface area contributed by atoms with Crippen molar-refractivity contribution in [2.24, 2.45) is 0 Å². The quantitative estimate of drug-likeness (QED) is 0.0277. The maximum atomic E-state index is 13.5. The van der Waals surface area contributed by atoms with Gasteiger partial charge in [0.15, 0.2) is 69.2 Å². The lowest BCUT2D eigenvalue weighted by atomic mass is 9.93. The third-order valence-corrected chi connectivity index (χ3v) is 25.3. The molecule has 11 aliphatic heterocycles. The van der Waals surface area contributed by atoms with Crippen LogP contribution in [0.15, 0.2) is 0 Å². The van der Waals surface area contributed by atoms with E-state index in [2.05, 4.69) is 31.9 Å². The van der Waals surface area contributed by atoms with Crippen LogP contribution in [0.4, 0.5) is 0 Å². The Labute approximate surface area is 788 Å². The Morgan fingerprint density at radius 1 is 0.201 bits per heavy atom. The van der Waals surface area contributed by atoms with Crippen molar-refractivity contribution >= 4 is 35.4 Å². The Morgan fingerprint density at radius 3 is 0.885 bits per heavy atom. The van der Waals surface area contributed by atoms with Crippen molar-refractivity contribution < 1.29 is 271 Å². The first-order chi connectivity index (χ1) is 65.6. The molecule has 11 rings (SSSR count). The minimum Gasteiger partial charge on any atom is -0.394 e. The van der Waals surface area contributed by atoms with Gasteiger partial charge < -0.3 is 274 Å². The van der Waals surface area contributed by atoms with Gasteiger partial charge in [0.05, 0.1) is 72.2 Å². The number of amides is 6. The average Bonchev–Trinajstić information content (AvgIpc) is 0.769. The fraction of sp³-hybridized carbons (Fsp3) is 0.923. The highest BCUT2D eigenvalue weighted by Gasteiger charge is 2.63. The third-order valence-electron chi connectivity index (χ3n) is 25.3. The first kappa shape index (κ1) is 114. The summed E-state index contributed by atoms with van der Waals surface area (Å²) in [6, 6.07) is -11.5. The highest BCUT2D eigenvalue weighted by molar-refractivity contribution is 5.75. The lowest BCUT2D eigenvalue weighted by Crippen LogP contribution is -2.71. The molecule has 0 aromatic rings. The Morgan fingerprint density at radius 2 is 0.460 bits per heavy atom. The van der Waals surface area contributed by atoms with Gasteiger partial charge in [-0.2, -0.15) is 0 Å². The molecule has 0 aromatic heterocycles. The summed E-state index contributed by atoms with van der Waals surface area (Å²) in [5, 5.41) is 333. The molecule has 34 N–H and O–H groups in total. The summed E-state index contributed by atoms with van der Waals surface area (Å²) >= 11 is 0. The van der Waals surface area contributed by atoms with E-state index < -0.39 is 439 Å². The SMILES string of the molecule is CC(=O)N[C@@H]1[C@@H](O)[C@H](O[C@@H]2O[C@H](CO)[C@@H](O[C@@H]3O[C@H](CO[C@H]4O[C@H](CO[C@@H]5O[C@H](CO)[C@@H](O)[C@H](O)[C@H]5NC(C)=O)[C@@H](O)[C@H](O)[C@@H]4O[C@@H]4O[C@H](CO)[C@@H](O)[C@H](O)[C@H]4NC(C)=O)[C@@H](O)[C@H](O[C@H]4O[C@H](CO)[C@@H](O[C@@H]5O[C@H](CO)[C@@H](O)[C@H](O)[C@H]5NC(C)=O)[C@H](O)[C@@H]4O[C@@H]4O[C@H](CO)[C@@H](O[C@@H]5O[C@H](CO)[C@H](O)[C@H](O)[C@H]5O)[C@H](O)[C@H]4NC(C)=O)[C@@H]3O)[C@H](O)[C@H]2NC(C)=O)[C@@H](CO[C@H]2O[C@H](C)[C@H](O)[C@H](O)[C@H]2O)O[C@H]1O. The van der Waals surface area contributed by atoms with Crippen molar-refractivity contribution in [3.63, 3.8) is 0 Å². The summed E-state index contributed by atoms with van der Waals surface area (Å²) in [5.74, 6) is -5.69. The van der Waals surface area contributed by atoms with Gasteiger partial charge in [-0.3, -0.25) is 28.8 Å². The van der Waals surface area contributed by atoms with E-state index in [1.165, 1.54) is 6.92 Å². The number of rotatable bonds is 36. The number of nitrogens with one attached hydrogen (secondary N) is 6. The molecule has 55 atom stereocenters. The second kappa shape index (κ2) is 50.0. The van der Waals surface area contributed by atoms with E-state index in [4.69, 9.17) is 99.5 Å². The predicted molar refractivity (Wildman–Crippen MR) is 430 cm³/mol. The van der Waals surface area contributed by atoms with Gasteiger partial charge in [-0.05, 0) is 6.92 Å². The van der Waals surface area contributed by atoms with Crippen molar-refractivity contribution in [1.29, 1.82) is 0 Å². The second-order valence-electron chi connectivity index (χ2n) is 35.3. The third kappa shape index (κ3) is 26.0. The van der Waals surface area contributed by atoms with Gasteiger partial charge >= 0.3 is 0 Å². The summed E-state index contributed by atoms with van der Waals surface area (Å²) in [5.41, 5.74) is 0. The van der Waals surface area contributed by atoms with Gasteiger partial charge in [-0.15, -0.1) is 0 Å². The summed E-state index contributed by atoms with van der Waals surface area (Å²) < 4.78 is 127. The van der Waals surface area contributed by atoms with Crippen molar-refractivity contribution in [3.8, 4) is 0 Å². The number of hydrogen-bond donors (Lipinski definition) is 34. The Hall–Kier alpha value is -5.14. The van der Waals surface area contributed by atoms with E-state index in [1.807, 2.05) is 0 Å². The van der Waals surface area contributed by atoms with Crippen LogP contribution < -0.4 is 31.9 Å². The largest absolute Gasteiger partial charge is 0.394 e. The van der Waals surface area contributed by atoms with E-state index >= 15 is 0 Å². The first-order valence-electron chi connectivity index (χ1n) is 44.5. The smallest absolute Gasteiger partial charge is 0.217 e. The molecule has 0 aliphatic carbocycles. The molecular weight excluding hydrogens is 1900 g/mol. The monoisotopic (exact) mass is 2030 g/mol. The molecule has 61 nitrogen and oxygen atoms in total. The lowest BCUT2D eigenvalue weighted by molar-refractivity contribution is -0.405. The molecule has 0 spiro atoms. The van der Waals surface area contributed by atoms with Crippen LogP contribution >= 0.6 is 0 Å². The van der Waals surface area contributed by atoms with Crippen LogP contribution in [-0.2, 0) is 128 Å². The van der Waals surface area contributed by atoms with Crippen LogP contribution in [0.5, 0.6) is 0 Å². The maximum Gasteiger partial charge on any atom is 0.217 e. The van der Waals surface area contributed by atoms with Crippen molar-refractivity contribution in [2.75, 3.05) is 66.1 Å². The molecule has 802 valence electrons. The Balaban J connectivity index is 1.00. The average molecular weight is 2030 g/mol. The summed E-state index contributed by atoms with van der Waals surface area (Å²) in [6.45, 7) is -4.57. The molecule has 11 heterocycles. The van der Waals surface area contributed by atoms with E-state index in [-0.39, 0.29) is 0 Å². The normalized spacial score (nSPS) is 48.3. The maximum absolute atomic E-state index is 13.5. The minimum absolute atomic E-state index is 0.841. The molecule has 0 aromatic carbocycles. The van der Waals surface area contributed by atoms with Crippen molar-refractivity contribution in [3.05, 3.63) is 0 Å². The van der Waals surface area contributed by atoms with Gasteiger partial charge in [-0.1, -0.05) is 0 Å². The summed E-state index contributed by atoms with van der Waals surface area (Å²) in [4.78, 5) is 77.6. The van der Waals surface area contributed by atoms with Crippen molar-refractivity contribution in [2.45, 2.75) is 386 Å². The van der Waals surface area contributed by atoms with E-state index in [1.54, 1.807) is 0 Å². The van der Waals surface area contributed by atoms with E-state index in [9.17, 15) is 172 Å². The molecule has 139 heavy (non-hydrogen) atoms. The van der Waals surface area contributed by atoms with Crippen LogP contribution in [0.25, 0.3) is 0 Å². The highest BCUT2D eigenvalue weighted by Crippen LogP contribution is 2.42. The number of hydrogen-bond acceptors (Lipinski definition) is 55. The first-order valence-corrected chi connectivity index (χ1v) is 44.5. The topological polar surface area (TPSA) is 935 Å². The predicted octanol–water partition coefficient (Wildman–Crippen LogP) is -23.1. The lowest BCUT2D eigenvalue weighted by Gasteiger charge is -2.52. The van der Waals surface area contributed by atoms with Gasteiger partial charge in [-0.25, -0.2) is 0 Å². The van der Waals surface area contributed by atoms with E-state index in [0.717, 1.165) is 41.5 Å². The number of carbonyl (C=O) groups is 6. The zero-order chi connectivity index (χ0) is 102. The van der Waals surface area contributed by atoms with Crippen LogP contribution in [0.1, 0.15) is 48.5 Å². The fourth-order valence-corrected chi connectivity index (χ4v) is 18.0. The number of aliphatic hydroxyl groups is 28. The number of carbonyl (C=O) groups excluding carboxylic acids is 6. The molecule has 0 bridgehead atoms. The van der Waals surface area contributed by atoms with Crippen molar-refractivity contribution in [1.82, 2.24) is 31.9 Å². The van der Waals surface area contributed by atoms with Crippen LogP contribution in [-0.4, -0.2) is 582 Å². The zero-order valence-electron chi connectivity index (χ0n) is 75.4. The fourth-order valence-electron chi connectivity index (χ4n) is 18.0. The standard InChI is InChI=1S/C78H130N6O55/c1-18-41(98)54(111)57(114)74(122-18)120-17-34-64(51(108)35(68(118)123-34)79-19(2)92)134-72-39(83-23(6)96)52(109)62(30(13-90)128-72)136-76-60(117)65(47(104)33(131-76)16-121-77-66(138-71-38(82-22(5)95)50(107)44(101)27(10-87)126-71)56(113)46(103)32(132-77)15-119-69-36(80-20(3)93)48(105)42(99)25(8-85)124-69)137-78-67(59(116)63(31(14-91)130-78)133-70-37(81-21(4)94)49(106)43(100)26(9-86)125-70)139-73-40(84-24(7)97)53(110)61(29(12-89)129-73)135-75-58(115)55(112)45(102)28(11-88)127-75/h18,25-78,85-91,98-118H,8-17H2,1-7H3,(H,79,92)(H,80,93)(H,81,94)(H,82,95)(H,83,96)(H,84,97)/t18-,25-,26-,27-,28-,29-,30-,31-,32-,33-,34-,35-,36-,37-,38-,39-,40-,41+,42-,43-,44-,45+,46-,47-,48-,49-,50-,51-,52-,53-,54+,55+,56+,57-,58-,59+,60+,61-,62-,63-,64-,65+,66+,67+,68-,69-,70+,71+,72+,73+,74+,75+,76+,77+,78-/m1/s1. The minimum atomic E-state index is -2.78. The number of ether oxygens (including phenoxy) is 21. The van der Waals surface area contributed by atoms with Gasteiger partial charge in [0.2, 0.25) is 35.4 Å². The summed E-state index contributed by atoms with van der Waals surface area (Å²) in [6.07, 6.45) is -105. The zero-order valence-corrected chi connectivity index (χ0v) is 75.4. The Kier molecular flexibility index (Phi) is 41.1. The van der Waals surface area contributed by atoms with Gasteiger partial charge in [0.1, 0.15) is 262 Å². The van der Waals surface area contributed by atoms with Crippen LogP contribution in [0, 0.1) is 0 Å². The molecule has 6 amide bonds. The van der Waals surface area contributed by atoms with Gasteiger partial charge in [0, 0.05) is 41.5 Å². The van der Waals surface area contributed by atoms with Crippen LogP contribution in [0.3, 0.4) is 0 Å². The van der Waals surface area contributed by atoms with Gasteiger partial charge in [0.25, 0.3) is 0 Å². The molecule has 11 saturated heterocycles.